The van der Waals surface area contributed by atoms with Crippen LogP contribution in [0.2, 0.25) is 0 Å². The standard InChI is InChI=1S/C10H19N/c1-2-3-10(11)9-5-7-4-8(7)6-9/h7-10H,2-6,11H2,1H3. The number of hydrogen-bond acceptors (Lipinski definition) is 1. The Morgan fingerprint density at radius 1 is 1.27 bits per heavy atom. The van der Waals surface area contributed by atoms with Crippen LogP contribution < -0.4 is 5.73 Å². The van der Waals surface area contributed by atoms with E-state index in [1.807, 2.05) is 0 Å². The van der Waals surface area contributed by atoms with Gasteiger partial charge < -0.3 is 5.73 Å². The van der Waals surface area contributed by atoms with Crippen molar-refractivity contribution in [2.45, 2.75) is 45.1 Å². The van der Waals surface area contributed by atoms with Crippen LogP contribution in [0.15, 0.2) is 0 Å². The second-order valence-corrected chi connectivity index (χ2v) is 4.44. The molecular weight excluding hydrogens is 134 g/mol. The molecule has 64 valence electrons. The highest BCUT2D eigenvalue weighted by atomic mass is 14.7. The van der Waals surface area contributed by atoms with Gasteiger partial charge in [-0.2, -0.15) is 0 Å². The molecule has 0 bridgehead atoms. The van der Waals surface area contributed by atoms with E-state index >= 15 is 0 Å². The smallest absolute Gasteiger partial charge is 0.00672 e. The van der Waals surface area contributed by atoms with Crippen LogP contribution in [0, 0.1) is 17.8 Å². The summed E-state index contributed by atoms with van der Waals surface area (Å²) in [6.07, 6.45) is 6.92. The van der Waals surface area contributed by atoms with Crippen LogP contribution in [0.5, 0.6) is 0 Å². The van der Waals surface area contributed by atoms with E-state index in [1.165, 1.54) is 32.1 Å². The summed E-state index contributed by atoms with van der Waals surface area (Å²) in [5.74, 6) is 3.09. The third-order valence-corrected chi connectivity index (χ3v) is 3.51. The maximum absolute atomic E-state index is 6.07. The quantitative estimate of drug-likeness (QED) is 0.660. The molecule has 0 radical (unpaired) electrons. The largest absolute Gasteiger partial charge is 0.327 e. The predicted molar refractivity (Wildman–Crippen MR) is 47.2 cm³/mol. The van der Waals surface area contributed by atoms with Gasteiger partial charge in [-0.1, -0.05) is 13.3 Å². The van der Waals surface area contributed by atoms with Gasteiger partial charge in [0.05, 0.1) is 0 Å². The van der Waals surface area contributed by atoms with Crippen LogP contribution in [0.3, 0.4) is 0 Å². The van der Waals surface area contributed by atoms with Gasteiger partial charge in [-0.15, -0.1) is 0 Å². The van der Waals surface area contributed by atoms with Crippen LogP contribution in [0.25, 0.3) is 0 Å². The molecule has 3 unspecified atom stereocenters. The molecule has 2 rings (SSSR count). The highest BCUT2D eigenvalue weighted by Crippen LogP contribution is 2.55. The van der Waals surface area contributed by atoms with E-state index in [2.05, 4.69) is 6.92 Å². The molecular formula is C10H19N. The first-order valence-electron chi connectivity index (χ1n) is 5.06. The van der Waals surface area contributed by atoms with Gasteiger partial charge in [0.2, 0.25) is 0 Å². The SMILES string of the molecule is CCCC(N)C1CC2CC2C1. The first kappa shape index (κ1) is 7.60. The Morgan fingerprint density at radius 2 is 1.91 bits per heavy atom. The highest BCUT2D eigenvalue weighted by molar-refractivity contribution is 4.98. The fourth-order valence-corrected chi connectivity index (χ4v) is 2.68. The Morgan fingerprint density at radius 3 is 2.45 bits per heavy atom. The molecule has 2 saturated carbocycles. The minimum absolute atomic E-state index is 0.521. The Hall–Kier alpha value is -0.0400. The maximum atomic E-state index is 6.07. The molecule has 0 heterocycles. The van der Waals surface area contributed by atoms with E-state index in [-0.39, 0.29) is 0 Å². The van der Waals surface area contributed by atoms with Crippen molar-refractivity contribution in [3.05, 3.63) is 0 Å². The van der Waals surface area contributed by atoms with Crippen molar-refractivity contribution >= 4 is 0 Å². The molecule has 2 N–H and O–H groups in total. The summed E-state index contributed by atoms with van der Waals surface area (Å²) >= 11 is 0. The molecule has 11 heavy (non-hydrogen) atoms. The monoisotopic (exact) mass is 153 g/mol. The summed E-state index contributed by atoms with van der Waals surface area (Å²) in [5, 5.41) is 0. The third kappa shape index (κ3) is 1.44. The minimum atomic E-state index is 0.521. The fraction of sp³-hybridized carbons (Fsp3) is 1.00. The second-order valence-electron chi connectivity index (χ2n) is 4.44. The topological polar surface area (TPSA) is 26.0 Å². The van der Waals surface area contributed by atoms with Crippen molar-refractivity contribution in [3.63, 3.8) is 0 Å². The highest BCUT2D eigenvalue weighted by Gasteiger charge is 2.46. The van der Waals surface area contributed by atoms with E-state index < -0.39 is 0 Å². The zero-order valence-electron chi connectivity index (χ0n) is 7.42. The molecule has 1 nitrogen and oxygen atoms in total. The molecule has 2 fully saturated rings. The molecule has 0 aromatic carbocycles. The van der Waals surface area contributed by atoms with Gasteiger partial charge in [0.25, 0.3) is 0 Å². The van der Waals surface area contributed by atoms with E-state index in [9.17, 15) is 0 Å². The Kier molecular flexibility index (Phi) is 1.92. The lowest BCUT2D eigenvalue weighted by Crippen LogP contribution is -2.28. The lowest BCUT2D eigenvalue weighted by molar-refractivity contribution is 0.375. The summed E-state index contributed by atoms with van der Waals surface area (Å²) < 4.78 is 0. The molecule has 0 saturated heterocycles. The lowest BCUT2D eigenvalue weighted by Gasteiger charge is -2.19. The minimum Gasteiger partial charge on any atom is -0.327 e. The van der Waals surface area contributed by atoms with Gasteiger partial charge in [0.15, 0.2) is 0 Å². The first-order chi connectivity index (χ1) is 5.31. The van der Waals surface area contributed by atoms with Gasteiger partial charge in [-0.3, -0.25) is 0 Å². The average Bonchev–Trinajstić information content (AvgIpc) is 2.59. The second kappa shape index (κ2) is 2.78. The van der Waals surface area contributed by atoms with Gasteiger partial charge >= 0.3 is 0 Å². The van der Waals surface area contributed by atoms with Crippen LogP contribution in [-0.2, 0) is 0 Å². The number of fused-ring (bicyclic) bond motifs is 1. The van der Waals surface area contributed by atoms with Crippen LogP contribution >= 0.6 is 0 Å². The van der Waals surface area contributed by atoms with Gasteiger partial charge in [0.1, 0.15) is 0 Å². The molecule has 0 spiro atoms. The average molecular weight is 153 g/mol. The molecule has 0 aromatic rings. The van der Waals surface area contributed by atoms with Gasteiger partial charge in [-0.05, 0) is 43.4 Å². The molecule has 1 heteroatoms. The first-order valence-corrected chi connectivity index (χ1v) is 5.06. The molecule has 0 aromatic heterocycles. The van der Waals surface area contributed by atoms with Gasteiger partial charge in [-0.25, -0.2) is 0 Å². The van der Waals surface area contributed by atoms with Crippen molar-refractivity contribution in [1.82, 2.24) is 0 Å². The third-order valence-electron chi connectivity index (χ3n) is 3.51. The predicted octanol–water partition coefficient (Wildman–Crippen LogP) is 2.16. The Bertz CT molecular complexity index is 134. The molecule has 2 aliphatic carbocycles. The van der Waals surface area contributed by atoms with Crippen molar-refractivity contribution in [1.29, 1.82) is 0 Å². The summed E-state index contributed by atoms with van der Waals surface area (Å²) in [6, 6.07) is 0.521. The lowest BCUT2D eigenvalue weighted by atomic mass is 9.92. The maximum Gasteiger partial charge on any atom is 0.00672 e. The van der Waals surface area contributed by atoms with Crippen LogP contribution in [0.4, 0.5) is 0 Å². The number of nitrogens with two attached hydrogens (primary N) is 1. The van der Waals surface area contributed by atoms with Crippen molar-refractivity contribution in [3.8, 4) is 0 Å². The molecule has 2 aliphatic rings. The van der Waals surface area contributed by atoms with Crippen LogP contribution in [0.1, 0.15) is 39.0 Å². The zero-order chi connectivity index (χ0) is 7.84. The summed E-state index contributed by atoms with van der Waals surface area (Å²) in [5.41, 5.74) is 6.07. The van der Waals surface area contributed by atoms with Gasteiger partial charge in [0, 0.05) is 6.04 Å². The zero-order valence-corrected chi connectivity index (χ0v) is 7.42. The normalized spacial score (nSPS) is 43.6. The molecule has 0 amide bonds. The Balaban J connectivity index is 1.77. The molecule has 3 atom stereocenters. The fourth-order valence-electron chi connectivity index (χ4n) is 2.68. The molecule has 0 aliphatic heterocycles. The van der Waals surface area contributed by atoms with Crippen LogP contribution in [-0.4, -0.2) is 6.04 Å². The van der Waals surface area contributed by atoms with E-state index in [1.54, 1.807) is 0 Å². The number of hydrogen-bond donors (Lipinski definition) is 1. The van der Waals surface area contributed by atoms with E-state index in [0.29, 0.717) is 6.04 Å². The summed E-state index contributed by atoms with van der Waals surface area (Å²) in [4.78, 5) is 0. The van der Waals surface area contributed by atoms with Crippen molar-refractivity contribution in [2.75, 3.05) is 0 Å². The van der Waals surface area contributed by atoms with Crippen molar-refractivity contribution < 1.29 is 0 Å². The van der Waals surface area contributed by atoms with E-state index in [0.717, 1.165) is 17.8 Å². The summed E-state index contributed by atoms with van der Waals surface area (Å²) in [7, 11) is 0. The van der Waals surface area contributed by atoms with Crippen molar-refractivity contribution in [2.24, 2.45) is 23.5 Å². The Labute approximate surface area is 69.4 Å². The summed E-state index contributed by atoms with van der Waals surface area (Å²) in [6.45, 7) is 2.23. The number of rotatable bonds is 3. The van der Waals surface area contributed by atoms with E-state index in [4.69, 9.17) is 5.73 Å².